The maximum atomic E-state index is 13.0. The van der Waals surface area contributed by atoms with E-state index in [9.17, 15) is 13.8 Å². The van der Waals surface area contributed by atoms with Crippen molar-refractivity contribution in [2.45, 2.75) is 17.7 Å². The average Bonchev–Trinajstić information content (AvgIpc) is 3.45. The number of piperazine rings is 1. The highest BCUT2D eigenvalue weighted by Crippen LogP contribution is 2.21. The van der Waals surface area contributed by atoms with E-state index >= 15 is 0 Å². The number of para-hydroxylation sites is 1. The number of nitrogens with one attached hydrogen (secondary N) is 1. The van der Waals surface area contributed by atoms with Crippen LogP contribution in [0, 0.1) is 0 Å². The number of carbonyl (C=O) groups excluding carboxylic acids is 2. The van der Waals surface area contributed by atoms with Crippen molar-refractivity contribution in [3.05, 3.63) is 88.7 Å². The van der Waals surface area contributed by atoms with Crippen LogP contribution in [0.1, 0.15) is 21.7 Å². The summed E-state index contributed by atoms with van der Waals surface area (Å²) in [6.45, 7) is 2.13. The second-order valence-corrected chi connectivity index (χ2v) is 10.7. The van der Waals surface area contributed by atoms with E-state index in [-0.39, 0.29) is 11.8 Å². The van der Waals surface area contributed by atoms with Gasteiger partial charge < -0.3 is 14.5 Å². The Morgan fingerprint density at radius 3 is 2.42 bits per heavy atom. The molecule has 0 spiro atoms. The van der Waals surface area contributed by atoms with Crippen LogP contribution in [0.2, 0.25) is 0 Å². The molecule has 0 bridgehead atoms. The first kappa shape index (κ1) is 24.1. The van der Waals surface area contributed by atoms with E-state index in [4.69, 9.17) is 0 Å². The normalized spacial score (nSPS) is 14.6. The van der Waals surface area contributed by atoms with Crippen molar-refractivity contribution in [2.75, 3.05) is 30.9 Å². The van der Waals surface area contributed by atoms with E-state index in [2.05, 4.69) is 9.71 Å². The van der Waals surface area contributed by atoms with Gasteiger partial charge in [-0.05, 0) is 54.3 Å². The highest BCUT2D eigenvalue weighted by atomic mass is 32.2. The standard InChI is InChI=1S/C27H26N4O3S2/c32-25(13-12-23-6-3-19-35-23)30-15-17-31(18-16-30)27(33)21-8-10-22(11-9-21)29-36(34)24-7-1-4-20-5-2-14-28-26(20)24/h1-11,14,19,29H,12-13,15-18H2. The molecular weight excluding hydrogens is 492 g/mol. The predicted molar refractivity (Wildman–Crippen MR) is 143 cm³/mol. The van der Waals surface area contributed by atoms with Crippen LogP contribution < -0.4 is 4.72 Å². The third kappa shape index (κ3) is 5.47. The zero-order valence-corrected chi connectivity index (χ0v) is 21.3. The molecule has 2 aromatic heterocycles. The van der Waals surface area contributed by atoms with Gasteiger partial charge in [-0.1, -0.05) is 24.3 Å². The van der Waals surface area contributed by atoms with Gasteiger partial charge in [-0.2, -0.15) is 0 Å². The average molecular weight is 519 g/mol. The first-order valence-corrected chi connectivity index (χ1v) is 13.8. The smallest absolute Gasteiger partial charge is 0.253 e. The number of thiophene rings is 1. The molecule has 0 radical (unpaired) electrons. The van der Waals surface area contributed by atoms with Crippen molar-refractivity contribution in [1.82, 2.24) is 14.8 Å². The molecular formula is C27H26N4O3S2. The first-order valence-electron chi connectivity index (χ1n) is 11.8. The largest absolute Gasteiger partial charge is 0.339 e. The lowest BCUT2D eigenvalue weighted by Gasteiger charge is -2.35. The predicted octanol–water partition coefficient (Wildman–Crippen LogP) is 4.35. The fourth-order valence-electron chi connectivity index (χ4n) is 4.25. The Morgan fingerprint density at radius 1 is 0.917 bits per heavy atom. The van der Waals surface area contributed by atoms with Crippen molar-refractivity contribution >= 4 is 50.7 Å². The van der Waals surface area contributed by atoms with Gasteiger partial charge in [-0.3, -0.25) is 14.6 Å². The van der Waals surface area contributed by atoms with Gasteiger partial charge in [0.25, 0.3) is 5.91 Å². The molecule has 1 fully saturated rings. The number of aromatic nitrogens is 1. The van der Waals surface area contributed by atoms with Gasteiger partial charge in [0.1, 0.15) is 0 Å². The van der Waals surface area contributed by atoms with Crippen molar-refractivity contribution < 1.29 is 13.8 Å². The lowest BCUT2D eigenvalue weighted by Crippen LogP contribution is -2.50. The molecule has 5 rings (SSSR count). The SMILES string of the molecule is O=C(CCc1cccs1)N1CCN(C(=O)c2ccc(NS(=O)c3cccc4cccnc34)cc2)CC1. The zero-order valence-electron chi connectivity index (χ0n) is 19.6. The maximum absolute atomic E-state index is 13.0. The Bertz CT molecular complexity index is 1380. The molecule has 7 nitrogen and oxygen atoms in total. The molecule has 1 unspecified atom stereocenters. The summed E-state index contributed by atoms with van der Waals surface area (Å²) in [4.78, 5) is 35.3. The Balaban J connectivity index is 1.15. The second kappa shape index (κ2) is 11.0. The molecule has 1 N–H and O–H groups in total. The number of aryl methyl sites for hydroxylation is 1. The maximum Gasteiger partial charge on any atom is 0.253 e. The lowest BCUT2D eigenvalue weighted by molar-refractivity contribution is -0.132. The minimum absolute atomic E-state index is 0.0633. The number of amides is 2. The lowest BCUT2D eigenvalue weighted by atomic mass is 10.1. The van der Waals surface area contributed by atoms with Gasteiger partial charge >= 0.3 is 0 Å². The third-order valence-electron chi connectivity index (χ3n) is 6.22. The van der Waals surface area contributed by atoms with E-state index in [1.54, 1.807) is 52.8 Å². The molecule has 1 atom stereocenters. The fraction of sp³-hybridized carbons (Fsp3) is 0.222. The number of carbonyl (C=O) groups is 2. The summed E-state index contributed by atoms with van der Waals surface area (Å²) in [6.07, 6.45) is 2.95. The molecule has 4 aromatic rings. The van der Waals surface area contributed by atoms with E-state index in [1.165, 1.54) is 4.88 Å². The van der Waals surface area contributed by atoms with Gasteiger partial charge in [-0.25, -0.2) is 4.21 Å². The van der Waals surface area contributed by atoms with E-state index in [0.717, 1.165) is 11.8 Å². The van der Waals surface area contributed by atoms with Crippen LogP contribution in [0.15, 0.2) is 83.2 Å². The van der Waals surface area contributed by atoms with Gasteiger partial charge in [0.15, 0.2) is 11.0 Å². The number of fused-ring (bicyclic) bond motifs is 1. The third-order valence-corrected chi connectivity index (χ3v) is 8.31. The molecule has 3 heterocycles. The fourth-order valence-corrected chi connectivity index (χ4v) is 5.97. The quantitative estimate of drug-likeness (QED) is 0.394. The molecule has 0 saturated carbocycles. The van der Waals surface area contributed by atoms with Gasteiger partial charge in [0, 0.05) is 60.3 Å². The Morgan fingerprint density at radius 2 is 1.67 bits per heavy atom. The molecule has 1 saturated heterocycles. The van der Waals surface area contributed by atoms with Crippen molar-refractivity contribution in [3.63, 3.8) is 0 Å². The zero-order chi connectivity index (χ0) is 24.9. The molecule has 9 heteroatoms. The van der Waals surface area contributed by atoms with Crippen molar-refractivity contribution in [1.29, 1.82) is 0 Å². The Kier molecular flexibility index (Phi) is 7.39. The Labute approximate surface area is 216 Å². The van der Waals surface area contributed by atoms with E-state index in [1.807, 2.05) is 46.7 Å². The van der Waals surface area contributed by atoms with Crippen LogP contribution in [-0.2, 0) is 22.2 Å². The summed E-state index contributed by atoms with van der Waals surface area (Å²) in [6, 6.07) is 20.4. The molecule has 2 aromatic carbocycles. The molecule has 1 aliphatic heterocycles. The number of pyridine rings is 1. The monoisotopic (exact) mass is 518 g/mol. The molecule has 1 aliphatic rings. The van der Waals surface area contributed by atoms with Gasteiger partial charge in [0.2, 0.25) is 5.91 Å². The summed E-state index contributed by atoms with van der Waals surface area (Å²) in [5.74, 6) is 0.0759. The summed E-state index contributed by atoms with van der Waals surface area (Å²) in [5, 5.41) is 2.95. The highest BCUT2D eigenvalue weighted by Gasteiger charge is 2.24. The molecule has 36 heavy (non-hydrogen) atoms. The Hall–Kier alpha value is -3.56. The van der Waals surface area contributed by atoms with Crippen LogP contribution in [0.5, 0.6) is 0 Å². The minimum Gasteiger partial charge on any atom is -0.339 e. The summed E-state index contributed by atoms with van der Waals surface area (Å²) >= 11 is 1.67. The summed E-state index contributed by atoms with van der Waals surface area (Å²) < 4.78 is 15.9. The summed E-state index contributed by atoms with van der Waals surface area (Å²) in [7, 11) is -1.50. The second-order valence-electron chi connectivity index (χ2n) is 8.53. The van der Waals surface area contributed by atoms with Crippen LogP contribution in [0.3, 0.4) is 0 Å². The van der Waals surface area contributed by atoms with Crippen LogP contribution in [0.25, 0.3) is 10.9 Å². The van der Waals surface area contributed by atoms with E-state index in [0.29, 0.717) is 54.3 Å². The number of benzene rings is 2. The number of rotatable bonds is 7. The van der Waals surface area contributed by atoms with Crippen LogP contribution in [-0.4, -0.2) is 57.0 Å². The molecule has 2 amide bonds. The van der Waals surface area contributed by atoms with Gasteiger partial charge in [0.05, 0.1) is 10.4 Å². The topological polar surface area (TPSA) is 82.6 Å². The summed E-state index contributed by atoms with van der Waals surface area (Å²) in [5.41, 5.74) is 1.91. The highest BCUT2D eigenvalue weighted by molar-refractivity contribution is 7.86. The molecule has 184 valence electrons. The van der Waals surface area contributed by atoms with Crippen LogP contribution >= 0.6 is 11.3 Å². The minimum atomic E-state index is -1.50. The van der Waals surface area contributed by atoms with Crippen LogP contribution in [0.4, 0.5) is 5.69 Å². The van der Waals surface area contributed by atoms with Crippen molar-refractivity contribution in [2.24, 2.45) is 0 Å². The first-order chi connectivity index (χ1) is 17.6. The number of hydrogen-bond acceptors (Lipinski definition) is 5. The van der Waals surface area contributed by atoms with Crippen molar-refractivity contribution in [3.8, 4) is 0 Å². The van der Waals surface area contributed by atoms with E-state index < -0.39 is 11.0 Å². The number of hydrogen-bond donors (Lipinski definition) is 1. The number of anilines is 1. The number of nitrogens with zero attached hydrogens (tertiary/aromatic N) is 3. The van der Waals surface area contributed by atoms with Gasteiger partial charge in [-0.15, -0.1) is 11.3 Å². The molecule has 0 aliphatic carbocycles.